The second-order valence-electron chi connectivity index (χ2n) is 5.91. The summed E-state index contributed by atoms with van der Waals surface area (Å²) in [5.74, 6) is 0. The molecule has 1 saturated heterocycles. The number of aromatic nitrogens is 1. The topological polar surface area (TPSA) is 46.2 Å². The maximum atomic E-state index is 6.07. The first-order valence-electron chi connectivity index (χ1n) is 8.06. The zero-order valence-electron chi connectivity index (χ0n) is 12.6. The molecule has 0 spiro atoms. The lowest BCUT2D eigenvalue weighted by Gasteiger charge is -2.22. The Morgan fingerprint density at radius 2 is 2.05 bits per heavy atom. The first-order chi connectivity index (χ1) is 10.9. The molecule has 0 aliphatic carbocycles. The maximum absolute atomic E-state index is 6.07. The molecule has 0 unspecified atom stereocenters. The Bertz CT molecular complexity index is 688. The van der Waals surface area contributed by atoms with E-state index in [2.05, 4.69) is 39.9 Å². The number of thiazole rings is 1. The van der Waals surface area contributed by atoms with Gasteiger partial charge in [-0.1, -0.05) is 23.5 Å². The van der Waals surface area contributed by atoms with Gasteiger partial charge >= 0.3 is 0 Å². The largest absolute Gasteiger partial charge is 0.467 e. The quantitative estimate of drug-likeness (QED) is 0.914. The third kappa shape index (κ3) is 3.02. The van der Waals surface area contributed by atoms with Crippen LogP contribution in [-0.4, -0.2) is 37.3 Å². The summed E-state index contributed by atoms with van der Waals surface area (Å²) in [5, 5.41) is 7.54. The van der Waals surface area contributed by atoms with Crippen LogP contribution in [0, 0.1) is 0 Å². The van der Waals surface area contributed by atoms with Gasteiger partial charge in [0.25, 0.3) is 5.19 Å². The van der Waals surface area contributed by atoms with Crippen LogP contribution in [0.1, 0.15) is 24.8 Å². The van der Waals surface area contributed by atoms with Crippen LogP contribution >= 0.6 is 11.3 Å². The molecule has 2 aliphatic heterocycles. The van der Waals surface area contributed by atoms with Gasteiger partial charge in [-0.25, -0.2) is 4.98 Å². The predicted molar refractivity (Wildman–Crippen MR) is 91.6 cm³/mol. The highest BCUT2D eigenvalue weighted by Gasteiger charge is 2.17. The van der Waals surface area contributed by atoms with Crippen LogP contribution in [0.4, 0.5) is 0 Å². The molecule has 4 nitrogen and oxygen atoms in total. The first kappa shape index (κ1) is 14.2. The highest BCUT2D eigenvalue weighted by molar-refractivity contribution is 7.20. The molecule has 1 aromatic carbocycles. The van der Waals surface area contributed by atoms with Crippen molar-refractivity contribution in [3.05, 3.63) is 29.8 Å². The van der Waals surface area contributed by atoms with E-state index in [1.165, 1.54) is 15.8 Å². The molecule has 0 radical (unpaired) electrons. The molecule has 4 rings (SSSR count). The predicted octanol–water partition coefficient (Wildman–Crippen LogP) is 2.80. The summed E-state index contributed by atoms with van der Waals surface area (Å²) in [6.45, 7) is 4.13. The van der Waals surface area contributed by atoms with E-state index in [0.717, 1.165) is 56.2 Å². The van der Waals surface area contributed by atoms with Crippen molar-refractivity contribution in [2.75, 3.05) is 26.2 Å². The molecule has 2 N–H and O–H groups in total. The third-order valence-electron chi connectivity index (χ3n) is 4.36. The smallest absolute Gasteiger partial charge is 0.274 e. The first-order valence-corrected chi connectivity index (χ1v) is 8.88. The number of benzene rings is 1. The van der Waals surface area contributed by atoms with Gasteiger partial charge in [-0.15, -0.1) is 0 Å². The zero-order valence-corrected chi connectivity index (χ0v) is 13.4. The van der Waals surface area contributed by atoms with Gasteiger partial charge in [-0.3, -0.25) is 0 Å². The van der Waals surface area contributed by atoms with Gasteiger partial charge < -0.3 is 15.4 Å². The molecule has 2 aliphatic rings. The SMILES string of the molecule is C1=C(c2ccc3nc(OC4CCNCC4)sc3c2)CCNC1. The Morgan fingerprint density at radius 1 is 1.14 bits per heavy atom. The maximum Gasteiger partial charge on any atom is 0.274 e. The van der Waals surface area contributed by atoms with Gasteiger partial charge in [-0.05, 0) is 62.2 Å². The van der Waals surface area contributed by atoms with Crippen LogP contribution in [0.15, 0.2) is 24.3 Å². The van der Waals surface area contributed by atoms with Crippen LogP contribution in [-0.2, 0) is 0 Å². The van der Waals surface area contributed by atoms with Gasteiger partial charge in [0.1, 0.15) is 6.10 Å². The van der Waals surface area contributed by atoms with Crippen molar-refractivity contribution in [2.24, 2.45) is 0 Å². The molecule has 5 heteroatoms. The molecule has 0 atom stereocenters. The number of ether oxygens (including phenoxy) is 1. The van der Waals surface area contributed by atoms with Crippen molar-refractivity contribution >= 4 is 27.1 Å². The summed E-state index contributed by atoms with van der Waals surface area (Å²) in [6.07, 6.45) is 5.84. The van der Waals surface area contributed by atoms with Crippen molar-refractivity contribution in [1.29, 1.82) is 0 Å². The van der Waals surface area contributed by atoms with E-state index in [1.807, 2.05) is 0 Å². The van der Waals surface area contributed by atoms with Crippen molar-refractivity contribution in [2.45, 2.75) is 25.4 Å². The molecule has 0 amide bonds. The van der Waals surface area contributed by atoms with E-state index in [9.17, 15) is 0 Å². The summed E-state index contributed by atoms with van der Waals surface area (Å²) < 4.78 is 7.29. The number of piperidine rings is 1. The van der Waals surface area contributed by atoms with Crippen molar-refractivity contribution in [3.8, 4) is 5.19 Å². The number of nitrogens with one attached hydrogen (secondary N) is 2. The van der Waals surface area contributed by atoms with E-state index < -0.39 is 0 Å². The molecule has 22 heavy (non-hydrogen) atoms. The lowest BCUT2D eigenvalue weighted by atomic mass is 10.0. The van der Waals surface area contributed by atoms with Crippen LogP contribution in [0.3, 0.4) is 0 Å². The Balaban J connectivity index is 1.56. The van der Waals surface area contributed by atoms with Gasteiger partial charge in [0.2, 0.25) is 0 Å². The molecule has 116 valence electrons. The fourth-order valence-corrected chi connectivity index (χ4v) is 4.01. The van der Waals surface area contributed by atoms with Crippen LogP contribution in [0.5, 0.6) is 5.19 Å². The Morgan fingerprint density at radius 3 is 2.86 bits per heavy atom. The van der Waals surface area contributed by atoms with Crippen molar-refractivity contribution in [3.63, 3.8) is 0 Å². The highest BCUT2D eigenvalue weighted by atomic mass is 32.1. The summed E-state index contributed by atoms with van der Waals surface area (Å²) >= 11 is 1.67. The van der Waals surface area contributed by atoms with Gasteiger partial charge in [0.05, 0.1) is 10.2 Å². The molecule has 1 fully saturated rings. The van der Waals surface area contributed by atoms with Crippen LogP contribution < -0.4 is 15.4 Å². The number of nitrogens with zero attached hydrogens (tertiary/aromatic N) is 1. The zero-order chi connectivity index (χ0) is 14.8. The minimum absolute atomic E-state index is 0.313. The Hall–Kier alpha value is -1.43. The summed E-state index contributed by atoms with van der Waals surface area (Å²) in [6, 6.07) is 6.58. The average molecular weight is 315 g/mol. The van der Waals surface area contributed by atoms with E-state index >= 15 is 0 Å². The molecule has 2 aromatic rings. The summed E-state index contributed by atoms with van der Waals surface area (Å²) in [4.78, 5) is 4.64. The summed E-state index contributed by atoms with van der Waals surface area (Å²) in [5.41, 5.74) is 3.81. The second kappa shape index (κ2) is 6.36. The van der Waals surface area contributed by atoms with Crippen molar-refractivity contribution in [1.82, 2.24) is 15.6 Å². The van der Waals surface area contributed by atoms with E-state index in [-0.39, 0.29) is 0 Å². The van der Waals surface area contributed by atoms with Gasteiger partial charge in [0, 0.05) is 6.54 Å². The fourth-order valence-electron chi connectivity index (χ4n) is 3.09. The summed E-state index contributed by atoms with van der Waals surface area (Å²) in [7, 11) is 0. The lowest BCUT2D eigenvalue weighted by molar-refractivity contribution is 0.162. The van der Waals surface area contributed by atoms with E-state index in [1.54, 1.807) is 11.3 Å². The molecule has 0 bridgehead atoms. The number of rotatable bonds is 3. The number of fused-ring (bicyclic) bond motifs is 1. The van der Waals surface area contributed by atoms with Gasteiger partial charge in [-0.2, -0.15) is 0 Å². The molecular weight excluding hydrogens is 294 g/mol. The number of hydrogen-bond donors (Lipinski definition) is 2. The molecule has 3 heterocycles. The number of hydrogen-bond acceptors (Lipinski definition) is 5. The Labute approximate surface area is 134 Å². The van der Waals surface area contributed by atoms with E-state index in [4.69, 9.17) is 4.74 Å². The molecular formula is C17H21N3OS. The fraction of sp³-hybridized carbons (Fsp3) is 0.471. The minimum Gasteiger partial charge on any atom is -0.467 e. The van der Waals surface area contributed by atoms with Gasteiger partial charge in [0.15, 0.2) is 0 Å². The highest BCUT2D eigenvalue weighted by Crippen LogP contribution is 2.32. The average Bonchev–Trinajstić information content (AvgIpc) is 2.98. The van der Waals surface area contributed by atoms with Crippen molar-refractivity contribution < 1.29 is 4.74 Å². The van der Waals surface area contributed by atoms with Crippen LogP contribution in [0.2, 0.25) is 0 Å². The normalized spacial score (nSPS) is 20.1. The third-order valence-corrected chi connectivity index (χ3v) is 5.27. The lowest BCUT2D eigenvalue weighted by Crippen LogP contribution is -2.34. The molecule has 0 saturated carbocycles. The van der Waals surface area contributed by atoms with E-state index in [0.29, 0.717) is 6.10 Å². The minimum atomic E-state index is 0.313. The standard InChI is InChI=1S/C17H21N3OS/c1-2-15-16(11-13(1)12-3-7-18-8-4-12)22-17(20-15)21-14-5-9-19-10-6-14/h1-3,11,14,18-19H,4-10H2. The second-order valence-corrected chi connectivity index (χ2v) is 6.91. The Kier molecular flexibility index (Phi) is 4.10. The monoisotopic (exact) mass is 315 g/mol. The molecule has 1 aromatic heterocycles. The van der Waals surface area contributed by atoms with Crippen LogP contribution in [0.25, 0.3) is 15.8 Å².